The van der Waals surface area contributed by atoms with E-state index in [-0.39, 0.29) is 6.10 Å². The van der Waals surface area contributed by atoms with E-state index in [9.17, 15) is 0 Å². The monoisotopic (exact) mass is 263 g/mol. The Hall–Kier alpha value is -0.440. The zero-order valence-corrected chi connectivity index (χ0v) is 9.98. The maximum absolute atomic E-state index is 6.05. The van der Waals surface area contributed by atoms with E-state index in [4.69, 9.17) is 39.6 Å². The van der Waals surface area contributed by atoms with Gasteiger partial charge in [-0.05, 0) is 12.1 Å². The highest BCUT2D eigenvalue weighted by Gasteiger charge is 2.24. The number of rotatable bonds is 2. The fourth-order valence-electron chi connectivity index (χ4n) is 1.43. The molecule has 1 atom stereocenters. The minimum atomic E-state index is -0.0750. The number of hydrogen-bond acceptors (Lipinski definition) is 2. The van der Waals surface area contributed by atoms with E-state index in [1.165, 1.54) is 0 Å². The zero-order valence-electron chi connectivity index (χ0n) is 7.71. The van der Waals surface area contributed by atoms with Crippen LogP contribution in [0.25, 0.3) is 0 Å². The summed E-state index contributed by atoms with van der Waals surface area (Å²) in [5, 5.41) is 5.11. The molecule has 0 bridgehead atoms. The van der Waals surface area contributed by atoms with Crippen molar-refractivity contribution >= 4 is 40.5 Å². The van der Waals surface area contributed by atoms with Crippen LogP contribution in [0.3, 0.4) is 0 Å². The van der Waals surface area contributed by atoms with Crippen molar-refractivity contribution in [1.82, 2.24) is 0 Å². The summed E-state index contributed by atoms with van der Waals surface area (Å²) >= 11 is 17.8. The molecule has 1 heterocycles. The molecule has 0 saturated carbocycles. The Labute approximate surface area is 103 Å². The summed E-state index contributed by atoms with van der Waals surface area (Å²) in [5.74, 6) is 0.412. The molecule has 0 radical (unpaired) electrons. The van der Waals surface area contributed by atoms with Gasteiger partial charge < -0.3 is 4.84 Å². The highest BCUT2D eigenvalue weighted by molar-refractivity contribution is 6.40. The number of benzene rings is 1. The number of hydrogen-bond donors (Lipinski definition) is 0. The first kappa shape index (κ1) is 11.1. The van der Waals surface area contributed by atoms with Gasteiger partial charge in [-0.3, -0.25) is 0 Å². The van der Waals surface area contributed by atoms with E-state index in [1.807, 2.05) is 0 Å². The van der Waals surface area contributed by atoms with Gasteiger partial charge in [0.2, 0.25) is 0 Å². The maximum Gasteiger partial charge on any atom is 0.146 e. The van der Waals surface area contributed by atoms with Gasteiger partial charge in [0.05, 0.1) is 21.6 Å². The van der Waals surface area contributed by atoms with Crippen LogP contribution in [0.15, 0.2) is 23.4 Å². The SMILES string of the molecule is ClCC1CC(c2c(Cl)cccc2Cl)=NO1. The highest BCUT2D eigenvalue weighted by Crippen LogP contribution is 2.29. The van der Waals surface area contributed by atoms with Crippen molar-refractivity contribution in [3.8, 4) is 0 Å². The second-order valence-electron chi connectivity index (χ2n) is 3.22. The van der Waals surface area contributed by atoms with Crippen LogP contribution in [-0.4, -0.2) is 17.7 Å². The van der Waals surface area contributed by atoms with Crippen LogP contribution in [0, 0.1) is 0 Å². The average molecular weight is 265 g/mol. The number of oxime groups is 1. The molecular weight excluding hydrogens is 256 g/mol. The Balaban J connectivity index is 2.31. The molecular formula is C10H8Cl3NO. The van der Waals surface area contributed by atoms with E-state index in [0.717, 1.165) is 11.3 Å². The standard InChI is InChI=1S/C10H8Cl3NO/c11-5-6-4-9(14-15-6)10-7(12)2-1-3-8(10)13/h1-3,6H,4-5H2. The topological polar surface area (TPSA) is 21.6 Å². The van der Waals surface area contributed by atoms with E-state index in [2.05, 4.69) is 5.16 Å². The van der Waals surface area contributed by atoms with Crippen LogP contribution < -0.4 is 0 Å². The number of nitrogens with zero attached hydrogens (tertiary/aromatic N) is 1. The first-order valence-corrected chi connectivity index (χ1v) is 5.74. The van der Waals surface area contributed by atoms with Crippen LogP contribution >= 0.6 is 34.8 Å². The summed E-state index contributed by atoms with van der Waals surface area (Å²) in [5.41, 5.74) is 1.50. The lowest BCUT2D eigenvalue weighted by molar-refractivity contribution is 0.102. The number of alkyl halides is 1. The van der Waals surface area contributed by atoms with Gasteiger partial charge in [-0.25, -0.2) is 0 Å². The molecule has 0 aliphatic carbocycles. The molecule has 5 heteroatoms. The molecule has 0 amide bonds. The molecule has 2 rings (SSSR count). The molecule has 1 aromatic carbocycles. The second-order valence-corrected chi connectivity index (χ2v) is 4.34. The fraction of sp³-hybridized carbons (Fsp3) is 0.300. The summed E-state index contributed by atoms with van der Waals surface area (Å²) in [6.07, 6.45) is 0.571. The van der Waals surface area contributed by atoms with Crippen molar-refractivity contribution in [1.29, 1.82) is 0 Å². The predicted molar refractivity (Wildman–Crippen MR) is 63.2 cm³/mol. The molecule has 1 aliphatic rings. The second kappa shape index (κ2) is 4.60. The molecule has 0 fully saturated rings. The predicted octanol–water partition coefficient (Wildman–Crippen LogP) is 3.73. The molecule has 15 heavy (non-hydrogen) atoms. The molecule has 0 aromatic heterocycles. The zero-order chi connectivity index (χ0) is 10.8. The minimum absolute atomic E-state index is 0.0750. The summed E-state index contributed by atoms with van der Waals surface area (Å²) < 4.78 is 0. The fourth-order valence-corrected chi connectivity index (χ4v) is 2.21. The highest BCUT2D eigenvalue weighted by atomic mass is 35.5. The minimum Gasteiger partial charge on any atom is -0.391 e. The maximum atomic E-state index is 6.05. The molecule has 0 saturated heterocycles. The van der Waals surface area contributed by atoms with Crippen LogP contribution in [0.4, 0.5) is 0 Å². The van der Waals surface area contributed by atoms with Gasteiger partial charge in [0.1, 0.15) is 6.10 Å². The Morgan fingerprint density at radius 2 is 2.00 bits per heavy atom. The molecule has 1 aromatic rings. The van der Waals surface area contributed by atoms with E-state index >= 15 is 0 Å². The van der Waals surface area contributed by atoms with Crippen molar-refractivity contribution in [2.75, 3.05) is 5.88 Å². The lowest BCUT2D eigenvalue weighted by atomic mass is 10.1. The third-order valence-electron chi connectivity index (χ3n) is 2.16. The van der Waals surface area contributed by atoms with Crippen molar-refractivity contribution in [3.63, 3.8) is 0 Å². The average Bonchev–Trinajstić information content (AvgIpc) is 2.66. The summed E-state index contributed by atoms with van der Waals surface area (Å²) in [7, 11) is 0. The first-order chi connectivity index (χ1) is 7.22. The molecule has 1 unspecified atom stereocenters. The van der Waals surface area contributed by atoms with Crippen LogP contribution in [0.1, 0.15) is 12.0 Å². The summed E-state index contributed by atoms with van der Waals surface area (Å²) in [6.45, 7) is 0. The van der Waals surface area contributed by atoms with Crippen LogP contribution in [0.5, 0.6) is 0 Å². The van der Waals surface area contributed by atoms with Crippen molar-refractivity contribution in [3.05, 3.63) is 33.8 Å². The Morgan fingerprint density at radius 1 is 1.33 bits per heavy atom. The van der Waals surface area contributed by atoms with Gasteiger partial charge in [0, 0.05) is 12.0 Å². The molecule has 0 N–H and O–H groups in total. The van der Waals surface area contributed by atoms with Gasteiger partial charge in [0.15, 0.2) is 0 Å². The molecule has 80 valence electrons. The largest absolute Gasteiger partial charge is 0.391 e. The van der Waals surface area contributed by atoms with E-state index < -0.39 is 0 Å². The third-order valence-corrected chi connectivity index (χ3v) is 3.13. The lowest BCUT2D eigenvalue weighted by Gasteiger charge is -2.05. The normalized spacial score (nSPS) is 19.9. The third kappa shape index (κ3) is 2.22. The lowest BCUT2D eigenvalue weighted by Crippen LogP contribution is -2.10. The van der Waals surface area contributed by atoms with Crippen molar-refractivity contribution in [2.24, 2.45) is 5.16 Å². The van der Waals surface area contributed by atoms with E-state index in [0.29, 0.717) is 22.3 Å². The molecule has 0 spiro atoms. The van der Waals surface area contributed by atoms with Gasteiger partial charge in [0.25, 0.3) is 0 Å². The Kier molecular flexibility index (Phi) is 3.39. The van der Waals surface area contributed by atoms with Gasteiger partial charge >= 0.3 is 0 Å². The van der Waals surface area contributed by atoms with Gasteiger partial charge in [-0.2, -0.15) is 0 Å². The summed E-state index contributed by atoms with van der Waals surface area (Å²) in [4.78, 5) is 5.12. The molecule has 2 nitrogen and oxygen atoms in total. The number of halogens is 3. The quantitative estimate of drug-likeness (QED) is 0.746. The smallest absolute Gasteiger partial charge is 0.146 e. The van der Waals surface area contributed by atoms with E-state index in [1.54, 1.807) is 18.2 Å². The van der Waals surface area contributed by atoms with Crippen LogP contribution in [-0.2, 0) is 4.84 Å². The Bertz CT molecular complexity index is 385. The van der Waals surface area contributed by atoms with Gasteiger partial charge in [-0.15, -0.1) is 11.6 Å². The Morgan fingerprint density at radius 3 is 2.53 bits per heavy atom. The van der Waals surface area contributed by atoms with Gasteiger partial charge in [-0.1, -0.05) is 34.4 Å². The molecule has 1 aliphatic heterocycles. The van der Waals surface area contributed by atoms with Crippen molar-refractivity contribution < 1.29 is 4.84 Å². The first-order valence-electron chi connectivity index (χ1n) is 4.45. The van der Waals surface area contributed by atoms with Crippen molar-refractivity contribution in [2.45, 2.75) is 12.5 Å². The summed E-state index contributed by atoms with van der Waals surface area (Å²) in [6, 6.07) is 5.35. The van der Waals surface area contributed by atoms with Crippen LogP contribution in [0.2, 0.25) is 10.0 Å².